The van der Waals surface area contributed by atoms with E-state index < -0.39 is 10.0 Å². The standard InChI is InChI=1S/C26H29N7O2S/c1-30-19-26(29-21-30)36(34,35)33(17-23-7-4-3-5-8-23)14-6-13-32(18-25-16-28-20-31(25)2)24-11-9-22(15-27)10-12-24/h3-5,7-12,16,19-21H,6,13-14,17-18H2,1-2H3. The number of aromatic nitrogens is 4. The highest BCUT2D eigenvalue weighted by molar-refractivity contribution is 7.89. The molecule has 4 rings (SSSR count). The largest absolute Gasteiger partial charge is 0.366 e. The van der Waals surface area contributed by atoms with Crippen molar-refractivity contribution in [3.63, 3.8) is 0 Å². The maximum atomic E-state index is 13.5. The number of aryl methyl sites for hydroxylation is 2. The number of hydrogen-bond acceptors (Lipinski definition) is 6. The van der Waals surface area contributed by atoms with Gasteiger partial charge in [0.25, 0.3) is 10.0 Å². The summed E-state index contributed by atoms with van der Waals surface area (Å²) in [6, 6.07) is 19.1. The molecule has 0 saturated heterocycles. The van der Waals surface area contributed by atoms with Gasteiger partial charge in [-0.1, -0.05) is 30.3 Å². The van der Waals surface area contributed by atoms with E-state index >= 15 is 0 Å². The van der Waals surface area contributed by atoms with E-state index in [0.717, 1.165) is 16.9 Å². The van der Waals surface area contributed by atoms with Gasteiger partial charge < -0.3 is 14.0 Å². The van der Waals surface area contributed by atoms with Crippen LogP contribution in [0.15, 0.2) is 84.7 Å². The molecule has 0 bridgehead atoms. The van der Waals surface area contributed by atoms with E-state index in [1.165, 1.54) is 16.8 Å². The van der Waals surface area contributed by atoms with E-state index in [2.05, 4.69) is 20.9 Å². The van der Waals surface area contributed by atoms with Gasteiger partial charge in [0.05, 0.1) is 36.5 Å². The first-order chi connectivity index (χ1) is 17.4. The molecule has 0 aliphatic carbocycles. The van der Waals surface area contributed by atoms with Gasteiger partial charge in [-0.3, -0.25) is 0 Å². The summed E-state index contributed by atoms with van der Waals surface area (Å²) in [7, 11) is -0.0777. The summed E-state index contributed by atoms with van der Waals surface area (Å²) in [5.74, 6) is 0. The first-order valence-corrected chi connectivity index (χ1v) is 13.0. The Morgan fingerprint density at radius 3 is 2.33 bits per heavy atom. The zero-order valence-electron chi connectivity index (χ0n) is 20.4. The van der Waals surface area contributed by atoms with Gasteiger partial charge in [0.2, 0.25) is 0 Å². The fourth-order valence-electron chi connectivity index (χ4n) is 3.94. The Hall–Kier alpha value is -3.94. The van der Waals surface area contributed by atoms with E-state index in [1.54, 1.807) is 30.1 Å². The Balaban J connectivity index is 1.54. The molecule has 0 saturated carbocycles. The Labute approximate surface area is 211 Å². The smallest absolute Gasteiger partial charge is 0.262 e. The average Bonchev–Trinajstić information content (AvgIpc) is 3.51. The molecule has 2 aromatic carbocycles. The van der Waals surface area contributed by atoms with E-state index in [9.17, 15) is 8.42 Å². The number of nitrogens with zero attached hydrogens (tertiary/aromatic N) is 7. The molecule has 0 atom stereocenters. The Morgan fingerprint density at radius 1 is 0.972 bits per heavy atom. The van der Waals surface area contributed by atoms with Crippen LogP contribution in [0, 0.1) is 11.3 Å². The van der Waals surface area contributed by atoms with Crippen LogP contribution in [0.4, 0.5) is 5.69 Å². The van der Waals surface area contributed by atoms with Gasteiger partial charge in [-0.15, -0.1) is 0 Å². The SMILES string of the molecule is Cn1cnc(S(=O)(=O)N(CCCN(Cc2cncn2C)c2ccc(C#N)cc2)Cc2ccccc2)c1. The van der Waals surface area contributed by atoms with Crippen LogP contribution in [0.1, 0.15) is 23.2 Å². The monoisotopic (exact) mass is 503 g/mol. The van der Waals surface area contributed by atoms with Gasteiger partial charge in [0, 0.05) is 51.8 Å². The molecule has 9 nitrogen and oxygen atoms in total. The second-order valence-corrected chi connectivity index (χ2v) is 10.5. The molecule has 0 spiro atoms. The third kappa shape index (κ3) is 6.00. The molecule has 0 fully saturated rings. The lowest BCUT2D eigenvalue weighted by Gasteiger charge is -2.27. The van der Waals surface area contributed by atoms with Crippen LogP contribution in [0.25, 0.3) is 0 Å². The number of anilines is 1. The summed E-state index contributed by atoms with van der Waals surface area (Å²) in [4.78, 5) is 10.5. The molecule has 0 radical (unpaired) electrons. The van der Waals surface area contributed by atoms with Crippen molar-refractivity contribution in [2.45, 2.75) is 24.5 Å². The minimum Gasteiger partial charge on any atom is -0.366 e. The van der Waals surface area contributed by atoms with Crippen LogP contribution < -0.4 is 4.90 Å². The van der Waals surface area contributed by atoms with Crippen molar-refractivity contribution in [1.82, 2.24) is 23.4 Å². The van der Waals surface area contributed by atoms with Crippen LogP contribution in [-0.4, -0.2) is 44.9 Å². The van der Waals surface area contributed by atoms with Crippen molar-refractivity contribution in [1.29, 1.82) is 5.26 Å². The first kappa shape index (κ1) is 25.2. The van der Waals surface area contributed by atoms with Crippen molar-refractivity contribution >= 4 is 15.7 Å². The van der Waals surface area contributed by atoms with Gasteiger partial charge in [-0.05, 0) is 36.2 Å². The molecule has 10 heteroatoms. The summed E-state index contributed by atoms with van der Waals surface area (Å²) >= 11 is 0. The number of sulfonamides is 1. The molecule has 2 aromatic heterocycles. The second kappa shape index (κ2) is 11.2. The highest BCUT2D eigenvalue weighted by Crippen LogP contribution is 2.21. The lowest BCUT2D eigenvalue weighted by molar-refractivity contribution is 0.397. The van der Waals surface area contributed by atoms with E-state index in [0.29, 0.717) is 31.6 Å². The predicted octanol–water partition coefficient (Wildman–Crippen LogP) is 3.31. The number of imidazole rings is 2. The zero-order chi connectivity index (χ0) is 25.5. The average molecular weight is 504 g/mol. The normalized spacial score (nSPS) is 11.5. The topological polar surface area (TPSA) is 100 Å². The molecular weight excluding hydrogens is 474 g/mol. The van der Waals surface area contributed by atoms with Crippen LogP contribution in [0.3, 0.4) is 0 Å². The van der Waals surface area contributed by atoms with Crippen molar-refractivity contribution < 1.29 is 8.42 Å². The Kier molecular flexibility index (Phi) is 7.83. The maximum Gasteiger partial charge on any atom is 0.262 e. The minimum absolute atomic E-state index is 0.0414. The fraction of sp³-hybridized carbons (Fsp3) is 0.269. The molecule has 0 N–H and O–H groups in total. The summed E-state index contributed by atoms with van der Waals surface area (Å²) in [5.41, 5.74) is 3.49. The zero-order valence-corrected chi connectivity index (χ0v) is 21.2. The van der Waals surface area contributed by atoms with Gasteiger partial charge >= 0.3 is 0 Å². The molecule has 0 amide bonds. The lowest BCUT2D eigenvalue weighted by Crippen LogP contribution is -2.34. The highest BCUT2D eigenvalue weighted by atomic mass is 32.2. The predicted molar refractivity (Wildman–Crippen MR) is 137 cm³/mol. The summed E-state index contributed by atoms with van der Waals surface area (Å²) < 4.78 is 32.0. The van der Waals surface area contributed by atoms with Crippen LogP contribution in [-0.2, 0) is 37.2 Å². The summed E-state index contributed by atoms with van der Waals surface area (Å²) in [5, 5.41) is 9.20. The molecular formula is C26H29N7O2S. The molecule has 0 unspecified atom stereocenters. The summed E-state index contributed by atoms with van der Waals surface area (Å²) in [6.45, 7) is 1.80. The van der Waals surface area contributed by atoms with Crippen LogP contribution in [0.5, 0.6) is 0 Å². The fourth-order valence-corrected chi connectivity index (χ4v) is 5.38. The van der Waals surface area contributed by atoms with Crippen molar-refractivity contribution in [3.05, 3.63) is 96.5 Å². The van der Waals surface area contributed by atoms with E-state index in [-0.39, 0.29) is 11.6 Å². The number of rotatable bonds is 11. The highest BCUT2D eigenvalue weighted by Gasteiger charge is 2.27. The van der Waals surface area contributed by atoms with Gasteiger partial charge in [-0.25, -0.2) is 18.4 Å². The van der Waals surface area contributed by atoms with Crippen molar-refractivity contribution in [2.75, 3.05) is 18.0 Å². The first-order valence-electron chi connectivity index (χ1n) is 11.6. The molecule has 186 valence electrons. The Morgan fingerprint density at radius 2 is 1.72 bits per heavy atom. The molecule has 36 heavy (non-hydrogen) atoms. The third-order valence-electron chi connectivity index (χ3n) is 5.95. The van der Waals surface area contributed by atoms with Gasteiger partial charge in [-0.2, -0.15) is 9.57 Å². The molecule has 4 aromatic rings. The second-order valence-electron chi connectivity index (χ2n) is 8.63. The summed E-state index contributed by atoms with van der Waals surface area (Å²) in [6.07, 6.45) is 7.20. The molecule has 2 heterocycles. The quantitative estimate of drug-likeness (QED) is 0.311. The van der Waals surface area contributed by atoms with Crippen LogP contribution in [0.2, 0.25) is 0 Å². The molecule has 0 aliphatic heterocycles. The van der Waals surface area contributed by atoms with Crippen molar-refractivity contribution in [3.8, 4) is 6.07 Å². The van der Waals surface area contributed by atoms with E-state index in [4.69, 9.17) is 5.26 Å². The van der Waals surface area contributed by atoms with Gasteiger partial charge in [0.1, 0.15) is 0 Å². The molecule has 0 aliphatic rings. The lowest BCUT2D eigenvalue weighted by atomic mass is 10.2. The Bertz CT molecular complexity index is 1420. The van der Waals surface area contributed by atoms with Crippen LogP contribution >= 0.6 is 0 Å². The maximum absolute atomic E-state index is 13.5. The minimum atomic E-state index is -3.77. The number of benzene rings is 2. The number of hydrogen-bond donors (Lipinski definition) is 0. The van der Waals surface area contributed by atoms with E-state index in [1.807, 2.05) is 60.3 Å². The third-order valence-corrected chi connectivity index (χ3v) is 7.68. The van der Waals surface area contributed by atoms with Crippen molar-refractivity contribution in [2.24, 2.45) is 14.1 Å². The van der Waals surface area contributed by atoms with Gasteiger partial charge in [0.15, 0.2) is 5.03 Å². The number of nitriles is 1.